The Labute approximate surface area is 135 Å². The molecule has 21 heavy (non-hydrogen) atoms. The summed E-state index contributed by atoms with van der Waals surface area (Å²) in [7, 11) is 2.52. The molecule has 1 aromatic carbocycles. The molecule has 0 saturated carbocycles. The summed E-state index contributed by atoms with van der Waals surface area (Å²) in [5.41, 5.74) is -0.757. The van der Waals surface area contributed by atoms with Crippen LogP contribution >= 0.6 is 26.6 Å². The highest BCUT2D eigenvalue weighted by molar-refractivity contribution is 9.10. The fraction of sp³-hybridized carbons (Fsp3) is 0.417. The monoisotopic (exact) mass is 401 g/mol. The Bertz CT molecular complexity index is 663. The summed E-state index contributed by atoms with van der Waals surface area (Å²) < 4.78 is 41.2. The van der Waals surface area contributed by atoms with E-state index < -0.39 is 31.3 Å². The Morgan fingerprint density at radius 1 is 1.48 bits per heavy atom. The number of hydrogen-bond donors (Lipinski definition) is 1. The van der Waals surface area contributed by atoms with E-state index in [2.05, 4.69) is 21.2 Å². The number of ether oxygens (including phenoxy) is 1. The summed E-state index contributed by atoms with van der Waals surface area (Å²) in [6.45, 7) is 3.68. The third-order valence-electron chi connectivity index (χ3n) is 2.75. The molecule has 0 aliphatic heterocycles. The first kappa shape index (κ1) is 18.3. The Morgan fingerprint density at radius 3 is 2.52 bits per heavy atom. The average Bonchev–Trinajstić information content (AvgIpc) is 2.37. The first-order valence-electron chi connectivity index (χ1n) is 5.75. The van der Waals surface area contributed by atoms with E-state index in [4.69, 9.17) is 15.4 Å². The van der Waals surface area contributed by atoms with Gasteiger partial charge >= 0.3 is 0 Å². The van der Waals surface area contributed by atoms with E-state index >= 15 is 0 Å². The van der Waals surface area contributed by atoms with Crippen molar-refractivity contribution in [2.75, 3.05) is 13.7 Å². The van der Waals surface area contributed by atoms with Crippen LogP contribution in [-0.2, 0) is 13.8 Å². The number of benzene rings is 1. The van der Waals surface area contributed by atoms with Crippen molar-refractivity contribution in [2.24, 2.45) is 0 Å². The lowest BCUT2D eigenvalue weighted by molar-refractivity contribution is 0.0228. The fourth-order valence-corrected chi connectivity index (χ4v) is 3.43. The van der Waals surface area contributed by atoms with E-state index in [0.29, 0.717) is 0 Å². The molecule has 0 aliphatic rings. The second kappa shape index (κ2) is 6.60. The van der Waals surface area contributed by atoms with Crippen LogP contribution in [0, 0.1) is 5.82 Å². The predicted octanol–water partition coefficient (Wildman–Crippen LogP) is 2.67. The second-order valence-electron chi connectivity index (χ2n) is 4.85. The minimum atomic E-state index is -4.18. The summed E-state index contributed by atoms with van der Waals surface area (Å²) in [6, 6.07) is 1.93. The molecule has 0 unspecified atom stereocenters. The summed E-state index contributed by atoms with van der Waals surface area (Å²) in [5, 5.41) is 2.53. The van der Waals surface area contributed by atoms with Gasteiger partial charge in [0.15, 0.2) is 0 Å². The van der Waals surface area contributed by atoms with Crippen molar-refractivity contribution in [3.8, 4) is 0 Å². The zero-order chi connectivity index (χ0) is 16.4. The molecule has 0 aliphatic carbocycles. The largest absolute Gasteiger partial charge is 0.377 e. The Hall–Kier alpha value is -0.700. The summed E-state index contributed by atoms with van der Waals surface area (Å²) in [5.74, 6) is -1.53. The molecule has 1 amide bonds. The number of nitrogens with one attached hydrogen (secondary N) is 1. The fourth-order valence-electron chi connectivity index (χ4n) is 1.34. The van der Waals surface area contributed by atoms with Crippen LogP contribution in [0.5, 0.6) is 0 Å². The van der Waals surface area contributed by atoms with E-state index in [1.165, 1.54) is 7.11 Å². The number of carbonyl (C=O) groups is 1. The van der Waals surface area contributed by atoms with Gasteiger partial charge in [-0.2, -0.15) is 0 Å². The first-order valence-corrected chi connectivity index (χ1v) is 8.85. The predicted molar refractivity (Wildman–Crippen MR) is 80.6 cm³/mol. The maximum absolute atomic E-state index is 13.7. The minimum Gasteiger partial charge on any atom is -0.377 e. The van der Waals surface area contributed by atoms with Gasteiger partial charge in [0.25, 0.3) is 15.0 Å². The number of rotatable bonds is 5. The van der Waals surface area contributed by atoms with Gasteiger partial charge in [-0.3, -0.25) is 4.79 Å². The summed E-state index contributed by atoms with van der Waals surface area (Å²) >= 11 is 2.79. The van der Waals surface area contributed by atoms with Gasteiger partial charge in [-0.05, 0) is 41.9 Å². The Kier molecular flexibility index (Phi) is 5.76. The highest BCUT2D eigenvalue weighted by atomic mass is 79.9. The standard InChI is InChI=1S/C12H14BrClFNO4S/c1-12(2,20-3)6-16-11(17)7-4-8(15)10(13)9(5-7)21(14,18)19/h4-5H,6H2,1-3H3,(H,16,17). The minimum absolute atomic E-state index is 0.151. The van der Waals surface area contributed by atoms with Crippen molar-refractivity contribution in [3.63, 3.8) is 0 Å². The number of carbonyl (C=O) groups excluding carboxylic acids is 1. The molecule has 1 N–H and O–H groups in total. The van der Waals surface area contributed by atoms with Crippen molar-refractivity contribution in [2.45, 2.75) is 24.3 Å². The molecular weight excluding hydrogens is 389 g/mol. The van der Waals surface area contributed by atoms with Gasteiger partial charge in [-0.15, -0.1) is 0 Å². The smallest absolute Gasteiger partial charge is 0.262 e. The summed E-state index contributed by atoms with van der Waals surface area (Å²) in [4.78, 5) is 11.5. The molecule has 0 saturated heterocycles. The topological polar surface area (TPSA) is 72.5 Å². The lowest BCUT2D eigenvalue weighted by atomic mass is 10.1. The zero-order valence-corrected chi connectivity index (χ0v) is 14.7. The molecule has 0 bridgehead atoms. The van der Waals surface area contributed by atoms with Crippen LogP contribution in [0.15, 0.2) is 21.5 Å². The molecule has 9 heteroatoms. The molecule has 1 rings (SSSR count). The molecule has 0 aromatic heterocycles. The summed E-state index contributed by atoms with van der Waals surface area (Å²) in [6.07, 6.45) is 0. The number of amides is 1. The van der Waals surface area contributed by atoms with E-state index in [1.807, 2.05) is 0 Å². The van der Waals surface area contributed by atoms with Crippen LogP contribution in [-0.4, -0.2) is 33.6 Å². The van der Waals surface area contributed by atoms with Crippen LogP contribution in [0.3, 0.4) is 0 Å². The van der Waals surface area contributed by atoms with E-state index in [-0.39, 0.29) is 16.6 Å². The van der Waals surface area contributed by atoms with Crippen LogP contribution in [0.4, 0.5) is 4.39 Å². The van der Waals surface area contributed by atoms with Gasteiger partial charge < -0.3 is 10.1 Å². The highest BCUT2D eigenvalue weighted by Gasteiger charge is 2.23. The Balaban J connectivity index is 3.10. The normalized spacial score (nSPS) is 12.3. The van der Waals surface area contributed by atoms with E-state index in [0.717, 1.165) is 12.1 Å². The Morgan fingerprint density at radius 2 is 2.05 bits per heavy atom. The van der Waals surface area contributed by atoms with E-state index in [9.17, 15) is 17.6 Å². The van der Waals surface area contributed by atoms with Gasteiger partial charge in [0.05, 0.1) is 10.1 Å². The van der Waals surface area contributed by atoms with Crippen molar-refractivity contribution in [3.05, 3.63) is 28.0 Å². The van der Waals surface area contributed by atoms with Crippen molar-refractivity contribution >= 4 is 41.6 Å². The molecule has 0 radical (unpaired) electrons. The van der Waals surface area contributed by atoms with E-state index in [1.54, 1.807) is 13.8 Å². The van der Waals surface area contributed by atoms with Crippen LogP contribution < -0.4 is 5.32 Å². The lowest BCUT2D eigenvalue weighted by Crippen LogP contribution is -2.39. The molecule has 5 nitrogen and oxygen atoms in total. The number of methoxy groups -OCH3 is 1. The first-order chi connectivity index (χ1) is 9.48. The highest BCUT2D eigenvalue weighted by Crippen LogP contribution is 2.29. The molecule has 0 spiro atoms. The maximum Gasteiger partial charge on any atom is 0.262 e. The van der Waals surface area contributed by atoms with Gasteiger partial charge in [0.2, 0.25) is 0 Å². The second-order valence-corrected chi connectivity index (χ2v) is 8.18. The maximum atomic E-state index is 13.7. The van der Waals surface area contributed by atoms with Gasteiger partial charge in [-0.25, -0.2) is 12.8 Å². The lowest BCUT2D eigenvalue weighted by Gasteiger charge is -2.23. The van der Waals surface area contributed by atoms with Gasteiger partial charge in [0.1, 0.15) is 10.7 Å². The average molecular weight is 403 g/mol. The molecule has 0 fully saturated rings. The van der Waals surface area contributed by atoms with Crippen molar-refractivity contribution < 1.29 is 22.3 Å². The zero-order valence-electron chi connectivity index (χ0n) is 11.5. The number of hydrogen-bond acceptors (Lipinski definition) is 4. The quantitative estimate of drug-likeness (QED) is 0.769. The third kappa shape index (κ3) is 4.91. The van der Waals surface area contributed by atoms with Crippen LogP contribution in [0.25, 0.3) is 0 Å². The van der Waals surface area contributed by atoms with Crippen LogP contribution in [0.1, 0.15) is 24.2 Å². The molecular formula is C12H14BrClFNO4S. The molecule has 0 atom stereocenters. The van der Waals surface area contributed by atoms with Crippen LogP contribution in [0.2, 0.25) is 0 Å². The van der Waals surface area contributed by atoms with Crippen molar-refractivity contribution in [1.82, 2.24) is 5.32 Å². The van der Waals surface area contributed by atoms with Gasteiger partial charge in [0, 0.05) is 29.9 Å². The SMILES string of the molecule is COC(C)(C)CNC(=O)c1cc(F)c(Br)c(S(=O)(=O)Cl)c1. The van der Waals surface area contributed by atoms with Crippen molar-refractivity contribution in [1.29, 1.82) is 0 Å². The number of halogens is 3. The molecule has 1 aromatic rings. The third-order valence-corrected chi connectivity index (χ3v) is 5.16. The molecule has 0 heterocycles. The molecule has 118 valence electrons. The van der Waals surface area contributed by atoms with Gasteiger partial charge in [-0.1, -0.05) is 0 Å².